The van der Waals surface area contributed by atoms with Crippen molar-refractivity contribution in [2.45, 2.75) is 40.2 Å². The lowest BCUT2D eigenvalue weighted by Gasteiger charge is -2.13. The number of methoxy groups -OCH3 is 2. The summed E-state index contributed by atoms with van der Waals surface area (Å²) in [6.07, 6.45) is 0.386. The Labute approximate surface area is 220 Å². The van der Waals surface area contributed by atoms with Crippen LogP contribution in [0.25, 0.3) is 22.2 Å². The second kappa shape index (κ2) is 11.0. The van der Waals surface area contributed by atoms with Crippen molar-refractivity contribution in [1.29, 1.82) is 0 Å². The summed E-state index contributed by atoms with van der Waals surface area (Å²) in [4.78, 5) is 32.4. The number of ether oxygens (including phenoxy) is 3. The van der Waals surface area contributed by atoms with Crippen molar-refractivity contribution in [3.05, 3.63) is 70.1 Å². The molecule has 0 aliphatic heterocycles. The van der Waals surface area contributed by atoms with Gasteiger partial charge in [0.25, 0.3) is 5.91 Å². The van der Waals surface area contributed by atoms with Crippen LogP contribution in [0.2, 0.25) is 0 Å². The molecular weight excluding hydrogens is 488 g/mol. The number of aryl methyl sites for hydroxylation is 1. The third-order valence-corrected chi connectivity index (χ3v) is 7.04. The highest BCUT2D eigenvalue weighted by molar-refractivity contribution is 7.16. The molecule has 4 aromatic rings. The number of nitrogens with one attached hydrogen (secondary N) is 1. The Morgan fingerprint density at radius 3 is 2.43 bits per heavy atom. The van der Waals surface area contributed by atoms with E-state index in [1.807, 2.05) is 50.2 Å². The zero-order chi connectivity index (χ0) is 26.7. The van der Waals surface area contributed by atoms with Gasteiger partial charge in [0.15, 0.2) is 11.5 Å². The van der Waals surface area contributed by atoms with Gasteiger partial charge in [-0.05, 0) is 63.1 Å². The normalized spacial score (nSPS) is 11.0. The van der Waals surface area contributed by atoms with Crippen molar-refractivity contribution in [2.75, 3.05) is 19.5 Å². The maximum atomic E-state index is 13.7. The van der Waals surface area contributed by atoms with Crippen LogP contribution in [-0.2, 0) is 11.2 Å². The number of pyridine rings is 1. The fourth-order valence-corrected chi connectivity index (χ4v) is 5.39. The molecule has 0 fully saturated rings. The average molecular weight is 519 g/mol. The largest absolute Gasteiger partial charge is 0.493 e. The number of hydrogen-bond acceptors (Lipinski definition) is 7. The summed E-state index contributed by atoms with van der Waals surface area (Å²) in [7, 11) is 3.15. The monoisotopic (exact) mass is 518 g/mol. The van der Waals surface area contributed by atoms with Crippen molar-refractivity contribution in [3.8, 4) is 22.8 Å². The molecule has 0 atom stereocenters. The van der Waals surface area contributed by atoms with Crippen LogP contribution in [0.1, 0.15) is 51.9 Å². The number of aromatic nitrogens is 1. The van der Waals surface area contributed by atoms with Gasteiger partial charge in [-0.3, -0.25) is 4.79 Å². The van der Waals surface area contributed by atoms with Gasteiger partial charge < -0.3 is 19.5 Å². The summed E-state index contributed by atoms with van der Waals surface area (Å²) < 4.78 is 16.3. The number of fused-ring (bicyclic) bond motifs is 1. The van der Waals surface area contributed by atoms with Crippen LogP contribution >= 0.6 is 11.3 Å². The summed E-state index contributed by atoms with van der Waals surface area (Å²) in [5, 5.41) is 4.19. The van der Waals surface area contributed by atoms with Gasteiger partial charge in [-0.1, -0.05) is 25.1 Å². The van der Waals surface area contributed by atoms with Gasteiger partial charge in [-0.15, -0.1) is 11.3 Å². The Morgan fingerprint density at radius 1 is 1.03 bits per heavy atom. The third kappa shape index (κ3) is 5.29. The number of esters is 1. The minimum atomic E-state index is -0.433. The minimum absolute atomic E-state index is 0.269. The first-order valence-corrected chi connectivity index (χ1v) is 12.9. The summed E-state index contributed by atoms with van der Waals surface area (Å²) >= 11 is 1.38. The van der Waals surface area contributed by atoms with Crippen LogP contribution < -0.4 is 14.8 Å². The van der Waals surface area contributed by atoms with Crippen LogP contribution in [0.15, 0.2) is 48.5 Å². The number of amides is 1. The molecule has 0 spiro atoms. The summed E-state index contributed by atoms with van der Waals surface area (Å²) in [5.41, 5.74) is 3.82. The highest BCUT2D eigenvalue weighted by Gasteiger charge is 2.25. The lowest BCUT2D eigenvalue weighted by atomic mass is 10.0. The molecule has 0 radical (unpaired) electrons. The molecule has 1 N–H and O–H groups in total. The summed E-state index contributed by atoms with van der Waals surface area (Å²) in [5.74, 6) is 0.404. The molecule has 37 heavy (non-hydrogen) atoms. The molecule has 1 amide bonds. The van der Waals surface area contributed by atoms with Crippen LogP contribution in [-0.4, -0.2) is 37.2 Å². The number of para-hydroxylation sites is 1. The minimum Gasteiger partial charge on any atom is -0.493 e. The Morgan fingerprint density at radius 2 is 1.76 bits per heavy atom. The van der Waals surface area contributed by atoms with E-state index in [2.05, 4.69) is 5.32 Å². The number of rotatable bonds is 8. The van der Waals surface area contributed by atoms with Gasteiger partial charge in [0.2, 0.25) is 0 Å². The van der Waals surface area contributed by atoms with E-state index in [0.29, 0.717) is 50.6 Å². The zero-order valence-electron chi connectivity index (χ0n) is 21.8. The van der Waals surface area contributed by atoms with E-state index in [9.17, 15) is 9.59 Å². The van der Waals surface area contributed by atoms with Gasteiger partial charge in [-0.2, -0.15) is 0 Å². The van der Waals surface area contributed by atoms with Gasteiger partial charge in [0, 0.05) is 15.8 Å². The van der Waals surface area contributed by atoms with Crippen LogP contribution in [0.4, 0.5) is 5.00 Å². The van der Waals surface area contributed by atoms with Crippen molar-refractivity contribution in [3.63, 3.8) is 0 Å². The van der Waals surface area contributed by atoms with Gasteiger partial charge >= 0.3 is 5.97 Å². The molecule has 0 bridgehead atoms. The Bertz CT molecular complexity index is 1470. The quantitative estimate of drug-likeness (QED) is 0.262. The lowest BCUT2D eigenvalue weighted by molar-refractivity contribution is 0.0378. The van der Waals surface area contributed by atoms with Crippen molar-refractivity contribution >= 4 is 39.1 Å². The maximum absolute atomic E-state index is 13.7. The smallest absolute Gasteiger partial charge is 0.341 e. The Balaban J connectivity index is 1.80. The van der Waals surface area contributed by atoms with E-state index in [4.69, 9.17) is 19.2 Å². The Kier molecular flexibility index (Phi) is 7.78. The molecule has 0 saturated carbocycles. The number of carbonyl (C=O) groups is 2. The first kappa shape index (κ1) is 26.2. The molecule has 0 saturated heterocycles. The molecule has 2 aromatic carbocycles. The number of hydrogen-bond donors (Lipinski definition) is 1. The van der Waals surface area contributed by atoms with E-state index in [-0.39, 0.29) is 12.0 Å². The van der Waals surface area contributed by atoms with Gasteiger partial charge in [0.1, 0.15) is 5.00 Å². The second-order valence-electron chi connectivity index (χ2n) is 8.74. The number of thiophene rings is 1. The number of carbonyl (C=O) groups excluding carboxylic acids is 2. The van der Waals surface area contributed by atoms with E-state index in [1.54, 1.807) is 40.2 Å². The van der Waals surface area contributed by atoms with Crippen molar-refractivity contribution in [2.24, 2.45) is 0 Å². The zero-order valence-corrected chi connectivity index (χ0v) is 22.6. The van der Waals surface area contributed by atoms with Crippen molar-refractivity contribution in [1.82, 2.24) is 4.98 Å². The van der Waals surface area contributed by atoms with Crippen LogP contribution in [0.5, 0.6) is 11.5 Å². The van der Waals surface area contributed by atoms with E-state index in [0.717, 1.165) is 16.0 Å². The number of benzene rings is 2. The third-order valence-electron chi connectivity index (χ3n) is 5.98. The first-order chi connectivity index (χ1) is 17.8. The van der Waals surface area contributed by atoms with Gasteiger partial charge in [-0.25, -0.2) is 9.78 Å². The summed E-state index contributed by atoms with van der Waals surface area (Å²) in [6, 6.07) is 14.7. The van der Waals surface area contributed by atoms with E-state index >= 15 is 0 Å². The maximum Gasteiger partial charge on any atom is 0.341 e. The molecular formula is C29H30N2O5S. The predicted octanol–water partition coefficient (Wildman–Crippen LogP) is 6.67. The fraction of sp³-hybridized carbons (Fsp3) is 0.276. The highest BCUT2D eigenvalue weighted by atomic mass is 32.1. The van der Waals surface area contributed by atoms with Crippen LogP contribution in [0, 0.1) is 6.92 Å². The molecule has 0 unspecified atom stereocenters. The SMILES string of the molecule is CCc1c(C)sc(NC(=O)c2cc(-c3ccc(OC)c(OC)c3)nc3ccccc23)c1C(=O)OC(C)C. The lowest BCUT2D eigenvalue weighted by Crippen LogP contribution is -2.17. The van der Waals surface area contributed by atoms with Crippen LogP contribution in [0.3, 0.4) is 0 Å². The molecule has 0 aliphatic rings. The molecule has 8 heteroatoms. The topological polar surface area (TPSA) is 86.8 Å². The molecule has 0 aliphatic carbocycles. The molecule has 2 heterocycles. The van der Waals surface area contributed by atoms with E-state index in [1.165, 1.54) is 11.3 Å². The molecule has 2 aromatic heterocycles. The van der Waals surface area contributed by atoms with Crippen molar-refractivity contribution < 1.29 is 23.8 Å². The first-order valence-electron chi connectivity index (χ1n) is 12.0. The summed E-state index contributed by atoms with van der Waals surface area (Å²) in [6.45, 7) is 7.54. The van der Waals surface area contributed by atoms with Gasteiger partial charge in [0.05, 0.1) is 42.7 Å². The van der Waals surface area contributed by atoms with E-state index < -0.39 is 5.97 Å². The highest BCUT2D eigenvalue weighted by Crippen LogP contribution is 2.36. The number of anilines is 1. The molecule has 7 nitrogen and oxygen atoms in total. The second-order valence-corrected chi connectivity index (χ2v) is 9.97. The predicted molar refractivity (Wildman–Crippen MR) is 147 cm³/mol. The standard InChI is InChI=1S/C29H30N2O5S/c1-7-19-17(4)37-28(26(19)29(33)36-16(2)3)31-27(32)21-15-23(30-22-11-9-8-10-20(21)22)18-12-13-24(34-5)25(14-18)35-6/h8-16H,7H2,1-6H3,(H,31,32). The molecule has 192 valence electrons. The average Bonchev–Trinajstić information content (AvgIpc) is 3.21. The Hall–Kier alpha value is -3.91. The number of nitrogens with zero attached hydrogens (tertiary/aromatic N) is 1. The fourth-order valence-electron chi connectivity index (χ4n) is 4.26. The molecule has 4 rings (SSSR count).